The average molecular weight is 479 g/mol. The third kappa shape index (κ3) is 7.82. The molecule has 2 aromatic rings. The van der Waals surface area contributed by atoms with Gasteiger partial charge in [-0.05, 0) is 25.3 Å². The van der Waals surface area contributed by atoms with E-state index in [-0.39, 0.29) is 34.9 Å². The number of hydrogen-bond donors (Lipinski definition) is 3. The number of nitrogens with one attached hydrogen (secondary N) is 2. The molecule has 0 aliphatic carbocycles. The van der Waals surface area contributed by atoms with Gasteiger partial charge in [-0.2, -0.15) is 19.3 Å². The fraction of sp³-hybridized carbons (Fsp3) is 0.529. The zero-order chi connectivity index (χ0) is 22.5. The summed E-state index contributed by atoms with van der Waals surface area (Å²) in [7, 11) is -3.63. The van der Waals surface area contributed by atoms with Gasteiger partial charge in [-0.3, -0.25) is 4.72 Å². The summed E-state index contributed by atoms with van der Waals surface area (Å²) in [6, 6.07) is 2.67. The van der Waals surface area contributed by atoms with Crippen LogP contribution in [0.15, 0.2) is 17.3 Å². The van der Waals surface area contributed by atoms with E-state index in [9.17, 15) is 17.9 Å². The number of nitrogens with zero attached hydrogens (tertiary/aromatic N) is 4. The Kier molecular flexibility index (Phi) is 8.59. The minimum absolute atomic E-state index is 0.0416. The van der Waals surface area contributed by atoms with Crippen molar-refractivity contribution in [1.82, 2.24) is 19.9 Å². The summed E-state index contributed by atoms with van der Waals surface area (Å²) in [6.07, 6.45) is 1.63. The Morgan fingerprint density at radius 3 is 2.40 bits per heavy atom. The highest BCUT2D eigenvalue weighted by molar-refractivity contribution is 7.99. The maximum Gasteiger partial charge on any atom is 0.242 e. The van der Waals surface area contributed by atoms with Crippen LogP contribution in [-0.2, 0) is 10.0 Å². The largest absolute Gasteiger partial charge is 0.394 e. The van der Waals surface area contributed by atoms with Crippen LogP contribution in [0.25, 0.3) is 0 Å². The van der Waals surface area contributed by atoms with Crippen molar-refractivity contribution < 1.29 is 17.9 Å². The normalized spacial score (nSPS) is 13.9. The Balaban J connectivity index is 2.33. The van der Waals surface area contributed by atoms with Gasteiger partial charge < -0.3 is 10.4 Å². The van der Waals surface area contributed by atoms with E-state index in [0.717, 1.165) is 18.0 Å². The Hall–Kier alpha value is -1.76. The molecule has 0 fully saturated rings. The highest BCUT2D eigenvalue weighted by Gasteiger charge is 2.19. The van der Waals surface area contributed by atoms with E-state index in [2.05, 4.69) is 30.0 Å². The molecule has 2 rings (SSSR count). The second-order valence-corrected chi connectivity index (χ2v) is 10.5. The number of aromatic nitrogens is 4. The first kappa shape index (κ1) is 24.5. The molecule has 13 heteroatoms. The van der Waals surface area contributed by atoms with E-state index in [1.165, 1.54) is 12.1 Å². The monoisotopic (exact) mass is 478 g/mol. The minimum atomic E-state index is -3.63. The van der Waals surface area contributed by atoms with Crippen molar-refractivity contribution in [3.63, 3.8) is 0 Å². The van der Waals surface area contributed by atoms with E-state index >= 15 is 0 Å². The summed E-state index contributed by atoms with van der Waals surface area (Å²) < 4.78 is 39.6. The van der Waals surface area contributed by atoms with E-state index in [4.69, 9.17) is 11.6 Å². The number of sulfonamides is 1. The first-order chi connectivity index (χ1) is 14.0. The second kappa shape index (κ2) is 10.5. The molecule has 0 saturated heterocycles. The molecule has 30 heavy (non-hydrogen) atoms. The zero-order valence-electron chi connectivity index (χ0n) is 16.9. The molecule has 3 N–H and O–H groups in total. The van der Waals surface area contributed by atoms with Crippen LogP contribution < -0.4 is 10.0 Å². The topological polar surface area (TPSA) is 130 Å². The predicted molar refractivity (Wildman–Crippen MR) is 116 cm³/mol. The van der Waals surface area contributed by atoms with Crippen molar-refractivity contribution in [2.45, 2.75) is 43.6 Å². The fourth-order valence-corrected chi connectivity index (χ4v) is 4.02. The molecule has 0 aliphatic rings. The standard InChI is InChI=1S/C17H24ClFN6O3S2/c1-9(2)7-11(8-26)20-15-22-16(25-30(4,27)28)24-17(23-15)29-10(3)12-5-6-13(18)21-14(12)19/h5-6,9-11,26H,7-8H2,1-4H3,(H2,20,22,23,24,25)/t10-,11+/m0/s1. The van der Waals surface area contributed by atoms with Crippen molar-refractivity contribution in [1.29, 1.82) is 0 Å². The predicted octanol–water partition coefficient (Wildman–Crippen LogP) is 3.10. The number of anilines is 2. The molecule has 0 saturated carbocycles. The van der Waals surface area contributed by atoms with Gasteiger partial charge in [0.1, 0.15) is 5.15 Å². The van der Waals surface area contributed by atoms with Gasteiger partial charge in [-0.15, -0.1) is 0 Å². The smallest absolute Gasteiger partial charge is 0.242 e. The van der Waals surface area contributed by atoms with Gasteiger partial charge in [0.05, 0.1) is 18.9 Å². The molecule has 0 aliphatic heterocycles. The molecular formula is C17H24ClFN6O3S2. The molecule has 166 valence electrons. The van der Waals surface area contributed by atoms with Crippen molar-refractivity contribution >= 4 is 45.3 Å². The van der Waals surface area contributed by atoms with Crippen LogP contribution in [0.4, 0.5) is 16.3 Å². The number of hydrogen-bond acceptors (Lipinski definition) is 9. The maximum absolute atomic E-state index is 14.1. The van der Waals surface area contributed by atoms with Crippen LogP contribution in [0, 0.1) is 11.9 Å². The Morgan fingerprint density at radius 1 is 1.17 bits per heavy atom. The first-order valence-corrected chi connectivity index (χ1v) is 12.2. The third-order valence-electron chi connectivity index (χ3n) is 3.76. The molecule has 2 atom stereocenters. The van der Waals surface area contributed by atoms with Gasteiger partial charge >= 0.3 is 0 Å². The van der Waals surface area contributed by atoms with Gasteiger partial charge in [0.2, 0.25) is 27.9 Å². The zero-order valence-corrected chi connectivity index (χ0v) is 19.3. The van der Waals surface area contributed by atoms with Gasteiger partial charge in [0.15, 0.2) is 5.16 Å². The number of aliphatic hydroxyl groups is 1. The van der Waals surface area contributed by atoms with E-state index in [1.807, 2.05) is 13.8 Å². The molecule has 0 amide bonds. The number of rotatable bonds is 10. The number of thioether (sulfide) groups is 1. The van der Waals surface area contributed by atoms with Crippen molar-refractivity contribution in [2.24, 2.45) is 5.92 Å². The Bertz CT molecular complexity index is 980. The summed E-state index contributed by atoms with van der Waals surface area (Å²) >= 11 is 6.80. The quantitative estimate of drug-likeness (QED) is 0.348. The second-order valence-electron chi connectivity index (χ2n) is 7.07. The molecule has 0 spiro atoms. The van der Waals surface area contributed by atoms with Crippen molar-refractivity contribution in [2.75, 3.05) is 22.9 Å². The molecule has 0 unspecified atom stereocenters. The number of pyridine rings is 1. The van der Waals surface area contributed by atoms with Crippen LogP contribution in [0.2, 0.25) is 5.15 Å². The van der Waals surface area contributed by atoms with Crippen molar-refractivity contribution in [3.05, 3.63) is 28.8 Å². The molecule has 2 aromatic heterocycles. The van der Waals surface area contributed by atoms with Crippen LogP contribution in [0.1, 0.15) is 38.0 Å². The minimum Gasteiger partial charge on any atom is -0.394 e. The summed E-state index contributed by atoms with van der Waals surface area (Å²) in [4.78, 5) is 16.1. The lowest BCUT2D eigenvalue weighted by Crippen LogP contribution is -2.27. The van der Waals surface area contributed by atoms with Crippen LogP contribution in [0.5, 0.6) is 0 Å². The molecular weight excluding hydrogens is 455 g/mol. The van der Waals surface area contributed by atoms with E-state index < -0.39 is 21.2 Å². The van der Waals surface area contributed by atoms with Gasteiger partial charge in [-0.1, -0.05) is 43.3 Å². The van der Waals surface area contributed by atoms with E-state index in [1.54, 1.807) is 6.92 Å². The van der Waals surface area contributed by atoms with Gasteiger partial charge in [-0.25, -0.2) is 13.4 Å². The number of aliphatic hydroxyl groups excluding tert-OH is 1. The van der Waals surface area contributed by atoms with Crippen LogP contribution in [0.3, 0.4) is 0 Å². The maximum atomic E-state index is 14.1. The van der Waals surface area contributed by atoms with Gasteiger partial charge in [0.25, 0.3) is 0 Å². The lowest BCUT2D eigenvalue weighted by molar-refractivity contribution is 0.259. The summed E-state index contributed by atoms with van der Waals surface area (Å²) in [5, 5.41) is 12.4. The third-order valence-corrected chi connectivity index (χ3v) is 5.53. The van der Waals surface area contributed by atoms with E-state index in [0.29, 0.717) is 17.9 Å². The van der Waals surface area contributed by atoms with Crippen LogP contribution >= 0.6 is 23.4 Å². The molecule has 9 nitrogen and oxygen atoms in total. The first-order valence-electron chi connectivity index (χ1n) is 9.06. The van der Waals surface area contributed by atoms with Crippen LogP contribution in [-0.4, -0.2) is 52.4 Å². The highest BCUT2D eigenvalue weighted by Crippen LogP contribution is 2.34. The fourth-order valence-electron chi connectivity index (χ4n) is 2.56. The summed E-state index contributed by atoms with van der Waals surface area (Å²) in [6.45, 7) is 5.59. The lowest BCUT2D eigenvalue weighted by Gasteiger charge is -2.19. The van der Waals surface area contributed by atoms with Crippen molar-refractivity contribution in [3.8, 4) is 0 Å². The Labute approximate surface area is 184 Å². The number of halogens is 2. The van der Waals surface area contributed by atoms with Gasteiger partial charge in [0, 0.05) is 10.8 Å². The summed E-state index contributed by atoms with van der Waals surface area (Å²) in [5.41, 5.74) is 0.296. The molecule has 0 radical (unpaired) electrons. The average Bonchev–Trinajstić information content (AvgIpc) is 2.58. The molecule has 2 heterocycles. The Morgan fingerprint density at radius 2 is 1.83 bits per heavy atom. The SMILES string of the molecule is CC(C)C[C@H](CO)Nc1nc(NS(C)(=O)=O)nc(S[C@@H](C)c2ccc(Cl)nc2F)n1. The molecule has 0 bridgehead atoms. The summed E-state index contributed by atoms with van der Waals surface area (Å²) in [5.74, 6) is -0.484. The lowest BCUT2D eigenvalue weighted by atomic mass is 10.0. The highest BCUT2D eigenvalue weighted by atomic mass is 35.5. The molecule has 0 aromatic carbocycles.